The Labute approximate surface area is 114 Å². The predicted octanol–water partition coefficient (Wildman–Crippen LogP) is 4.47. The minimum absolute atomic E-state index is 0.133. The van der Waals surface area contributed by atoms with E-state index in [4.69, 9.17) is 0 Å². The van der Waals surface area contributed by atoms with Crippen molar-refractivity contribution in [3.05, 3.63) is 0 Å². The molecule has 0 bridgehead atoms. The number of halogens is 6. The molecule has 20 heavy (non-hydrogen) atoms. The van der Waals surface area contributed by atoms with Gasteiger partial charge in [-0.25, -0.2) is 26.3 Å². The van der Waals surface area contributed by atoms with Crippen molar-refractivity contribution in [3.8, 4) is 0 Å². The predicted molar refractivity (Wildman–Crippen MR) is 64.0 cm³/mol. The number of alkyl halides is 6. The summed E-state index contributed by atoms with van der Waals surface area (Å²) in [5.74, 6) is -1.25. The molecule has 2 saturated carbocycles. The van der Waals surface area contributed by atoms with E-state index in [0.29, 0.717) is 0 Å². The van der Waals surface area contributed by atoms with Crippen LogP contribution in [0.3, 0.4) is 0 Å². The molecule has 4 atom stereocenters. The highest BCUT2D eigenvalue weighted by Gasteiger charge is 2.45. The third-order valence-electron chi connectivity index (χ3n) is 4.98. The van der Waals surface area contributed by atoms with Crippen LogP contribution in [-0.4, -0.2) is 37.0 Å². The molecule has 0 saturated heterocycles. The summed E-state index contributed by atoms with van der Waals surface area (Å²) in [5.41, 5.74) is 0. The molecular weight excluding hydrogens is 282 g/mol. The summed E-state index contributed by atoms with van der Waals surface area (Å²) in [7, 11) is 0. The lowest BCUT2D eigenvalue weighted by atomic mass is 9.68. The highest BCUT2D eigenvalue weighted by Crippen LogP contribution is 2.43. The molecular formula is C14H20F6. The van der Waals surface area contributed by atoms with Gasteiger partial charge in [-0.2, -0.15) is 0 Å². The molecule has 0 spiro atoms. The van der Waals surface area contributed by atoms with E-state index in [-0.39, 0.29) is 31.6 Å². The number of hydrogen-bond acceptors (Lipinski definition) is 0. The average molecular weight is 302 g/mol. The first-order chi connectivity index (χ1) is 9.31. The molecule has 2 aliphatic carbocycles. The second kappa shape index (κ2) is 6.14. The standard InChI is InChI=1S/C14H20F6/c1-6(7-2-9(15)13(19)10(16)3-7)8-4-11(17)14(20)12(18)5-8/h6-14H,2-5H2,1H3. The van der Waals surface area contributed by atoms with Crippen molar-refractivity contribution in [2.45, 2.75) is 69.6 Å². The lowest BCUT2D eigenvalue weighted by Crippen LogP contribution is -2.44. The van der Waals surface area contributed by atoms with Crippen LogP contribution in [0.15, 0.2) is 0 Å². The van der Waals surface area contributed by atoms with E-state index < -0.39 is 48.9 Å². The SMILES string of the molecule is CC(C1CC(F)C(F)C(F)C1)C1CC(F)C(F)C(F)C1. The van der Waals surface area contributed by atoms with Crippen molar-refractivity contribution in [1.82, 2.24) is 0 Å². The molecule has 0 radical (unpaired) electrons. The highest BCUT2D eigenvalue weighted by atomic mass is 19.2. The van der Waals surface area contributed by atoms with Gasteiger partial charge in [-0.15, -0.1) is 0 Å². The van der Waals surface area contributed by atoms with Gasteiger partial charge < -0.3 is 0 Å². The van der Waals surface area contributed by atoms with Crippen LogP contribution in [0.5, 0.6) is 0 Å². The third kappa shape index (κ3) is 3.08. The fourth-order valence-electron chi connectivity index (χ4n) is 3.57. The second-order valence-electron chi connectivity index (χ2n) is 6.27. The lowest BCUT2D eigenvalue weighted by molar-refractivity contribution is -0.0324. The van der Waals surface area contributed by atoms with E-state index in [0.717, 1.165) is 0 Å². The van der Waals surface area contributed by atoms with Crippen molar-refractivity contribution < 1.29 is 26.3 Å². The average Bonchev–Trinajstić information content (AvgIpc) is 2.40. The Hall–Kier alpha value is -0.420. The van der Waals surface area contributed by atoms with E-state index in [2.05, 4.69) is 0 Å². The van der Waals surface area contributed by atoms with Crippen LogP contribution in [0.25, 0.3) is 0 Å². The molecule has 0 aliphatic heterocycles. The van der Waals surface area contributed by atoms with Gasteiger partial charge in [-0.3, -0.25) is 0 Å². The quantitative estimate of drug-likeness (QED) is 0.660. The Morgan fingerprint density at radius 3 is 1.10 bits per heavy atom. The highest BCUT2D eigenvalue weighted by molar-refractivity contribution is 4.94. The van der Waals surface area contributed by atoms with Crippen LogP contribution in [0.2, 0.25) is 0 Å². The molecule has 118 valence electrons. The minimum atomic E-state index is -2.11. The maximum Gasteiger partial charge on any atom is 0.162 e. The van der Waals surface area contributed by atoms with Crippen molar-refractivity contribution >= 4 is 0 Å². The van der Waals surface area contributed by atoms with Gasteiger partial charge in [0.05, 0.1) is 0 Å². The zero-order chi connectivity index (χ0) is 15.0. The Kier molecular flexibility index (Phi) is 4.90. The Morgan fingerprint density at radius 1 is 0.600 bits per heavy atom. The van der Waals surface area contributed by atoms with Gasteiger partial charge in [0.2, 0.25) is 0 Å². The molecule has 2 rings (SSSR count). The molecule has 0 aromatic rings. The number of hydrogen-bond donors (Lipinski definition) is 0. The Bertz CT molecular complexity index is 271. The summed E-state index contributed by atoms with van der Waals surface area (Å²) < 4.78 is 79.8. The lowest BCUT2D eigenvalue weighted by Gasteiger charge is -2.40. The van der Waals surface area contributed by atoms with E-state index in [1.54, 1.807) is 6.92 Å². The first kappa shape index (κ1) is 16.0. The zero-order valence-corrected chi connectivity index (χ0v) is 11.3. The van der Waals surface area contributed by atoms with E-state index in [1.165, 1.54) is 0 Å². The Morgan fingerprint density at radius 2 is 0.850 bits per heavy atom. The summed E-state index contributed by atoms with van der Waals surface area (Å²) in [6, 6.07) is 0. The largest absolute Gasteiger partial charge is 0.244 e. The van der Waals surface area contributed by atoms with Gasteiger partial charge in [0.25, 0.3) is 0 Å². The van der Waals surface area contributed by atoms with Crippen LogP contribution >= 0.6 is 0 Å². The maximum absolute atomic E-state index is 13.4. The molecule has 2 fully saturated rings. The van der Waals surface area contributed by atoms with Crippen molar-refractivity contribution in [3.63, 3.8) is 0 Å². The first-order valence-corrected chi connectivity index (χ1v) is 7.15. The molecule has 0 heterocycles. The minimum Gasteiger partial charge on any atom is -0.244 e. The fourth-order valence-corrected chi connectivity index (χ4v) is 3.57. The van der Waals surface area contributed by atoms with E-state index >= 15 is 0 Å². The van der Waals surface area contributed by atoms with Gasteiger partial charge >= 0.3 is 0 Å². The Balaban J connectivity index is 1.99. The van der Waals surface area contributed by atoms with Gasteiger partial charge in [0.1, 0.15) is 24.7 Å². The normalized spacial score (nSPS) is 51.8. The number of rotatable bonds is 2. The zero-order valence-electron chi connectivity index (χ0n) is 11.3. The molecule has 0 aromatic carbocycles. The molecule has 0 nitrogen and oxygen atoms in total. The van der Waals surface area contributed by atoms with Gasteiger partial charge in [-0.05, 0) is 43.4 Å². The summed E-state index contributed by atoms with van der Waals surface area (Å²) in [5, 5.41) is 0. The van der Waals surface area contributed by atoms with Crippen LogP contribution < -0.4 is 0 Å². The van der Waals surface area contributed by atoms with Gasteiger partial charge in [0, 0.05) is 0 Å². The molecule has 2 aliphatic rings. The second-order valence-corrected chi connectivity index (χ2v) is 6.27. The van der Waals surface area contributed by atoms with Crippen LogP contribution in [0.1, 0.15) is 32.6 Å². The van der Waals surface area contributed by atoms with Crippen molar-refractivity contribution in [2.75, 3.05) is 0 Å². The van der Waals surface area contributed by atoms with Crippen LogP contribution in [0.4, 0.5) is 26.3 Å². The first-order valence-electron chi connectivity index (χ1n) is 7.15. The monoisotopic (exact) mass is 302 g/mol. The smallest absolute Gasteiger partial charge is 0.162 e. The van der Waals surface area contributed by atoms with Crippen LogP contribution in [-0.2, 0) is 0 Å². The van der Waals surface area contributed by atoms with E-state index in [1.807, 2.05) is 0 Å². The summed E-state index contributed by atoms with van der Waals surface area (Å²) in [6.07, 6.45) is -12.2. The van der Waals surface area contributed by atoms with Crippen LogP contribution in [0, 0.1) is 17.8 Å². The van der Waals surface area contributed by atoms with Gasteiger partial charge in [0.15, 0.2) is 12.3 Å². The van der Waals surface area contributed by atoms with Crippen molar-refractivity contribution in [2.24, 2.45) is 17.8 Å². The summed E-state index contributed by atoms with van der Waals surface area (Å²) in [4.78, 5) is 0. The molecule has 0 N–H and O–H groups in total. The molecule has 0 amide bonds. The molecule has 4 unspecified atom stereocenters. The van der Waals surface area contributed by atoms with Gasteiger partial charge in [-0.1, -0.05) is 6.92 Å². The fraction of sp³-hybridized carbons (Fsp3) is 1.00. The molecule has 0 aromatic heterocycles. The summed E-state index contributed by atoms with van der Waals surface area (Å²) in [6.45, 7) is 1.67. The molecule has 6 heteroatoms. The maximum atomic E-state index is 13.4. The summed E-state index contributed by atoms with van der Waals surface area (Å²) >= 11 is 0. The third-order valence-corrected chi connectivity index (χ3v) is 4.98. The topological polar surface area (TPSA) is 0 Å². The van der Waals surface area contributed by atoms with E-state index in [9.17, 15) is 26.3 Å². The van der Waals surface area contributed by atoms with Crippen molar-refractivity contribution in [1.29, 1.82) is 0 Å².